The first-order valence-corrected chi connectivity index (χ1v) is 10.0. The fourth-order valence-electron chi connectivity index (χ4n) is 2.59. The van der Waals surface area contributed by atoms with Gasteiger partial charge in [0.05, 0.1) is 23.9 Å². The quantitative estimate of drug-likeness (QED) is 0.598. The van der Waals surface area contributed by atoms with Crippen LogP contribution in [0.25, 0.3) is 0 Å². The summed E-state index contributed by atoms with van der Waals surface area (Å²) < 4.78 is 11.4. The van der Waals surface area contributed by atoms with Crippen LogP contribution in [-0.2, 0) is 12.8 Å². The van der Waals surface area contributed by atoms with Gasteiger partial charge in [-0.2, -0.15) is 0 Å². The van der Waals surface area contributed by atoms with E-state index in [0.717, 1.165) is 54.6 Å². The monoisotopic (exact) mass is 374 g/mol. The predicted molar refractivity (Wildman–Crippen MR) is 107 cm³/mol. The number of hydrogen-bond donors (Lipinski definition) is 2. The molecule has 1 aliphatic heterocycles. The van der Waals surface area contributed by atoms with Crippen LogP contribution in [0.5, 0.6) is 11.5 Å². The van der Waals surface area contributed by atoms with Gasteiger partial charge in [-0.15, -0.1) is 11.3 Å². The Balaban J connectivity index is 1.62. The van der Waals surface area contributed by atoms with Crippen molar-refractivity contribution in [3.8, 4) is 11.5 Å². The number of benzene rings is 1. The van der Waals surface area contributed by atoms with Gasteiger partial charge >= 0.3 is 0 Å². The molecular weight excluding hydrogens is 348 g/mol. The summed E-state index contributed by atoms with van der Waals surface area (Å²) in [4.78, 5) is 9.25. The van der Waals surface area contributed by atoms with Crippen LogP contribution in [0.3, 0.4) is 0 Å². The zero-order valence-corrected chi connectivity index (χ0v) is 16.2. The van der Waals surface area contributed by atoms with Crippen molar-refractivity contribution in [2.24, 2.45) is 4.99 Å². The zero-order valence-electron chi connectivity index (χ0n) is 15.4. The molecule has 0 atom stereocenters. The number of aromatic nitrogens is 1. The summed E-state index contributed by atoms with van der Waals surface area (Å²) in [6.07, 6.45) is 2.73. The van der Waals surface area contributed by atoms with Crippen LogP contribution in [0.4, 0.5) is 5.69 Å². The molecule has 0 amide bonds. The lowest BCUT2D eigenvalue weighted by Crippen LogP contribution is -2.30. The first kappa shape index (κ1) is 18.5. The number of guanidine groups is 1. The Morgan fingerprint density at radius 3 is 2.85 bits per heavy atom. The molecule has 140 valence electrons. The third-order valence-corrected chi connectivity index (χ3v) is 4.94. The Labute approximate surface area is 158 Å². The number of fused-ring (bicyclic) bond motifs is 1. The van der Waals surface area contributed by atoms with Crippen molar-refractivity contribution in [2.75, 3.05) is 31.6 Å². The van der Waals surface area contributed by atoms with Crippen LogP contribution in [0.15, 0.2) is 28.6 Å². The van der Waals surface area contributed by atoms with E-state index in [4.69, 9.17) is 9.47 Å². The first-order chi connectivity index (χ1) is 12.8. The van der Waals surface area contributed by atoms with Gasteiger partial charge in [0.25, 0.3) is 0 Å². The number of aliphatic imine (C=N–C) groups is 1. The highest BCUT2D eigenvalue weighted by Gasteiger charge is 2.11. The van der Waals surface area contributed by atoms with Crippen molar-refractivity contribution in [3.63, 3.8) is 0 Å². The molecule has 3 rings (SSSR count). The summed E-state index contributed by atoms with van der Waals surface area (Å²) in [6, 6.07) is 5.88. The second kappa shape index (κ2) is 9.43. The first-order valence-electron chi connectivity index (χ1n) is 9.16. The van der Waals surface area contributed by atoms with Crippen molar-refractivity contribution in [2.45, 2.75) is 33.1 Å². The van der Waals surface area contributed by atoms with Crippen LogP contribution in [0.1, 0.15) is 31.0 Å². The highest BCUT2D eigenvalue weighted by Crippen LogP contribution is 2.32. The average Bonchev–Trinajstić information content (AvgIpc) is 2.98. The highest BCUT2D eigenvalue weighted by atomic mass is 32.1. The molecular formula is C19H26N4O2S. The number of anilines is 1. The van der Waals surface area contributed by atoms with Crippen LogP contribution in [0.2, 0.25) is 0 Å². The van der Waals surface area contributed by atoms with Gasteiger partial charge in [0, 0.05) is 43.1 Å². The van der Waals surface area contributed by atoms with E-state index < -0.39 is 0 Å². The topological polar surface area (TPSA) is 67.8 Å². The van der Waals surface area contributed by atoms with Crippen molar-refractivity contribution in [3.05, 3.63) is 34.3 Å². The maximum absolute atomic E-state index is 5.75. The molecule has 0 saturated heterocycles. The molecule has 0 fully saturated rings. The lowest BCUT2D eigenvalue weighted by atomic mass is 10.2. The minimum atomic E-state index is 0.679. The summed E-state index contributed by atoms with van der Waals surface area (Å²) >= 11 is 1.72. The molecule has 2 aromatic rings. The minimum Gasteiger partial charge on any atom is -0.490 e. The number of ether oxygens (including phenoxy) is 2. The van der Waals surface area contributed by atoms with Crippen LogP contribution < -0.4 is 20.1 Å². The van der Waals surface area contributed by atoms with E-state index in [0.29, 0.717) is 19.8 Å². The smallest absolute Gasteiger partial charge is 0.195 e. The molecule has 2 heterocycles. The van der Waals surface area contributed by atoms with Gasteiger partial charge in [0.15, 0.2) is 17.5 Å². The van der Waals surface area contributed by atoms with Crippen molar-refractivity contribution < 1.29 is 9.47 Å². The number of hydrogen-bond acceptors (Lipinski definition) is 5. The molecule has 1 aromatic carbocycles. The van der Waals surface area contributed by atoms with Gasteiger partial charge in [-0.1, -0.05) is 6.92 Å². The summed E-state index contributed by atoms with van der Waals surface area (Å²) in [5.74, 6) is 2.33. The number of thiazole rings is 1. The molecule has 0 unspecified atom stereocenters. The molecule has 1 aromatic heterocycles. The lowest BCUT2D eigenvalue weighted by Gasteiger charge is -2.13. The van der Waals surface area contributed by atoms with Crippen molar-refractivity contribution in [1.29, 1.82) is 0 Å². The number of rotatable bonds is 6. The van der Waals surface area contributed by atoms with Gasteiger partial charge in [-0.25, -0.2) is 4.98 Å². The van der Waals surface area contributed by atoms with E-state index in [1.807, 2.05) is 18.2 Å². The molecule has 26 heavy (non-hydrogen) atoms. The molecule has 1 aliphatic rings. The Kier molecular flexibility index (Phi) is 6.71. The Hall–Kier alpha value is -2.28. The van der Waals surface area contributed by atoms with Crippen LogP contribution >= 0.6 is 11.3 Å². The van der Waals surface area contributed by atoms with E-state index in [-0.39, 0.29) is 0 Å². The third kappa shape index (κ3) is 5.11. The second-order valence-electron chi connectivity index (χ2n) is 5.93. The van der Waals surface area contributed by atoms with E-state index in [2.05, 4.69) is 39.8 Å². The normalized spacial score (nSPS) is 14.0. The average molecular weight is 375 g/mol. The van der Waals surface area contributed by atoms with Gasteiger partial charge in [-0.3, -0.25) is 4.99 Å². The van der Waals surface area contributed by atoms with Crippen molar-refractivity contribution >= 4 is 23.0 Å². The molecule has 6 nitrogen and oxygen atoms in total. The van der Waals surface area contributed by atoms with Crippen molar-refractivity contribution in [1.82, 2.24) is 10.3 Å². The van der Waals surface area contributed by atoms with Crippen LogP contribution in [-0.4, -0.2) is 37.2 Å². The third-order valence-electron chi connectivity index (χ3n) is 3.89. The standard InChI is InChI=1S/C19H26N4O2S/c1-3-18-22-15(13-26-18)8-9-21-19(20-4-2)23-14-6-7-16-17(12-14)25-11-5-10-24-16/h6-7,12-13H,3-5,8-11H2,1-2H3,(H2,20,21,23). The maximum Gasteiger partial charge on any atom is 0.195 e. The minimum absolute atomic E-state index is 0.679. The molecule has 0 spiro atoms. The molecule has 0 bridgehead atoms. The van der Waals surface area contributed by atoms with Crippen LogP contribution in [0, 0.1) is 0 Å². The van der Waals surface area contributed by atoms with E-state index >= 15 is 0 Å². The molecule has 7 heteroatoms. The Bertz CT molecular complexity index is 745. The van der Waals surface area contributed by atoms with E-state index in [9.17, 15) is 0 Å². The summed E-state index contributed by atoms with van der Waals surface area (Å²) in [5, 5.41) is 9.92. The second-order valence-corrected chi connectivity index (χ2v) is 6.88. The molecule has 2 N–H and O–H groups in total. The molecule has 0 aliphatic carbocycles. The fourth-order valence-corrected chi connectivity index (χ4v) is 3.37. The Morgan fingerprint density at radius 2 is 2.08 bits per heavy atom. The van der Waals surface area contributed by atoms with Gasteiger partial charge in [0.1, 0.15) is 0 Å². The number of nitrogens with one attached hydrogen (secondary N) is 2. The predicted octanol–water partition coefficient (Wildman–Crippen LogP) is 3.49. The summed E-state index contributed by atoms with van der Waals surface area (Å²) in [7, 11) is 0. The molecule has 0 radical (unpaired) electrons. The number of nitrogens with zero attached hydrogens (tertiary/aromatic N) is 2. The maximum atomic E-state index is 5.75. The van der Waals surface area contributed by atoms with Gasteiger partial charge in [-0.05, 0) is 25.5 Å². The fraction of sp³-hybridized carbons (Fsp3) is 0.474. The largest absolute Gasteiger partial charge is 0.490 e. The number of aryl methyl sites for hydroxylation is 1. The van der Waals surface area contributed by atoms with Gasteiger partial charge < -0.3 is 20.1 Å². The van der Waals surface area contributed by atoms with E-state index in [1.54, 1.807) is 11.3 Å². The zero-order chi connectivity index (χ0) is 18.2. The van der Waals surface area contributed by atoms with Gasteiger partial charge in [0.2, 0.25) is 0 Å². The highest BCUT2D eigenvalue weighted by molar-refractivity contribution is 7.09. The molecule has 0 saturated carbocycles. The summed E-state index contributed by atoms with van der Waals surface area (Å²) in [6.45, 7) is 7.04. The lowest BCUT2D eigenvalue weighted by molar-refractivity contribution is 0.297. The summed E-state index contributed by atoms with van der Waals surface area (Å²) in [5.41, 5.74) is 2.04. The SMILES string of the molecule is CCNC(=NCCc1csc(CC)n1)Nc1ccc2c(c1)OCCCO2. The van der Waals surface area contributed by atoms with E-state index in [1.165, 1.54) is 5.01 Å². The Morgan fingerprint density at radius 1 is 1.23 bits per heavy atom.